The minimum absolute atomic E-state index is 0.331. The maximum atomic E-state index is 13.1. The molecule has 0 aliphatic rings. The highest BCUT2D eigenvalue weighted by Gasteiger charge is 2.37. The molecule has 0 heterocycles. The second-order valence-electron chi connectivity index (χ2n) is 3.65. The van der Waals surface area contributed by atoms with Crippen molar-refractivity contribution in [2.24, 2.45) is 0 Å². The summed E-state index contributed by atoms with van der Waals surface area (Å²) >= 11 is 0. The third kappa shape index (κ3) is 2.89. The largest absolute Gasteiger partial charge is 0.416 e. The number of benzene rings is 1. The summed E-state index contributed by atoms with van der Waals surface area (Å²) in [4.78, 5) is 0. The molecule has 8 heteroatoms. The summed E-state index contributed by atoms with van der Waals surface area (Å²) in [5, 5.41) is 27.1. The van der Waals surface area contributed by atoms with Crippen LogP contribution in [0.25, 0.3) is 0 Å². The van der Waals surface area contributed by atoms with Gasteiger partial charge >= 0.3 is 6.18 Å². The van der Waals surface area contributed by atoms with Crippen LogP contribution < -0.4 is 5.73 Å². The van der Waals surface area contributed by atoms with E-state index in [0.29, 0.717) is 12.1 Å². The molecule has 0 aromatic heterocycles. The Bertz CT molecular complexity index is 436. The molecule has 0 saturated carbocycles. The van der Waals surface area contributed by atoms with Crippen molar-refractivity contribution < 1.29 is 32.9 Å². The van der Waals surface area contributed by atoms with Gasteiger partial charge in [0.2, 0.25) is 0 Å². The molecule has 5 N–H and O–H groups in total. The fourth-order valence-corrected chi connectivity index (χ4v) is 1.40. The molecule has 0 bridgehead atoms. The molecule has 2 atom stereocenters. The molecular formula is C10H11F4NO3. The predicted octanol–water partition coefficient (Wildman–Crippen LogP) is 0.813. The molecular weight excluding hydrogens is 258 g/mol. The first kappa shape index (κ1) is 14.7. The first-order valence-corrected chi connectivity index (χ1v) is 4.81. The second kappa shape index (κ2) is 5.09. The lowest BCUT2D eigenvalue weighted by Gasteiger charge is -2.21. The van der Waals surface area contributed by atoms with Gasteiger partial charge in [0.05, 0.1) is 17.9 Å². The van der Waals surface area contributed by atoms with Crippen LogP contribution in [0.2, 0.25) is 0 Å². The molecule has 4 nitrogen and oxygen atoms in total. The van der Waals surface area contributed by atoms with Gasteiger partial charge in [0.1, 0.15) is 18.0 Å². The van der Waals surface area contributed by atoms with Crippen molar-refractivity contribution in [3.63, 3.8) is 0 Å². The summed E-state index contributed by atoms with van der Waals surface area (Å²) < 4.78 is 51.1. The standard InChI is InChI=1S/C10H11F4NO3/c11-6-1-4(9(18)8(17)3-16)5(2-7(6)15)10(12,13)14/h1-2,8-9,16-18H,3,15H2. The van der Waals surface area contributed by atoms with Crippen LogP contribution in [-0.4, -0.2) is 28.0 Å². The van der Waals surface area contributed by atoms with E-state index in [0.717, 1.165) is 0 Å². The zero-order valence-corrected chi connectivity index (χ0v) is 8.95. The van der Waals surface area contributed by atoms with Crippen molar-refractivity contribution >= 4 is 5.69 Å². The van der Waals surface area contributed by atoms with E-state index in [1.807, 2.05) is 0 Å². The van der Waals surface area contributed by atoms with Gasteiger partial charge in [-0.2, -0.15) is 13.2 Å². The van der Waals surface area contributed by atoms with Gasteiger partial charge in [-0.05, 0) is 17.7 Å². The first-order valence-electron chi connectivity index (χ1n) is 4.81. The Morgan fingerprint density at radius 3 is 2.22 bits per heavy atom. The lowest BCUT2D eigenvalue weighted by molar-refractivity contribution is -0.140. The fourth-order valence-electron chi connectivity index (χ4n) is 1.40. The van der Waals surface area contributed by atoms with Crippen molar-refractivity contribution in [1.29, 1.82) is 0 Å². The molecule has 0 fully saturated rings. The second-order valence-corrected chi connectivity index (χ2v) is 3.65. The third-order valence-corrected chi connectivity index (χ3v) is 2.34. The molecule has 1 rings (SSSR count). The van der Waals surface area contributed by atoms with Gasteiger partial charge in [-0.25, -0.2) is 4.39 Å². The van der Waals surface area contributed by atoms with Crippen LogP contribution in [0.1, 0.15) is 17.2 Å². The SMILES string of the molecule is Nc1cc(C(F)(F)F)c(C(O)C(O)CO)cc1F. The van der Waals surface area contributed by atoms with Gasteiger partial charge in [0.15, 0.2) is 0 Å². The Balaban J connectivity index is 3.37. The minimum atomic E-state index is -4.87. The highest BCUT2D eigenvalue weighted by molar-refractivity contribution is 5.48. The number of aliphatic hydroxyl groups excluding tert-OH is 3. The summed E-state index contributed by atoms with van der Waals surface area (Å²) in [6.45, 7) is -0.968. The lowest BCUT2D eigenvalue weighted by atomic mass is 9.97. The molecule has 1 aromatic carbocycles. The van der Waals surface area contributed by atoms with E-state index in [1.165, 1.54) is 0 Å². The number of hydrogen-bond donors (Lipinski definition) is 4. The third-order valence-electron chi connectivity index (χ3n) is 2.34. The molecule has 102 valence electrons. The maximum Gasteiger partial charge on any atom is 0.416 e. The number of nitrogens with two attached hydrogens (primary N) is 1. The Labute approximate surface area is 99.3 Å². The van der Waals surface area contributed by atoms with Gasteiger partial charge in [-0.1, -0.05) is 0 Å². The molecule has 0 amide bonds. The van der Waals surface area contributed by atoms with E-state index >= 15 is 0 Å². The van der Waals surface area contributed by atoms with Crippen LogP contribution in [-0.2, 0) is 6.18 Å². The number of alkyl halides is 3. The van der Waals surface area contributed by atoms with Crippen LogP contribution in [0.5, 0.6) is 0 Å². The molecule has 1 aromatic rings. The number of hydrogen-bond acceptors (Lipinski definition) is 4. The van der Waals surface area contributed by atoms with E-state index in [9.17, 15) is 22.7 Å². The number of nitrogen functional groups attached to an aromatic ring is 1. The van der Waals surface area contributed by atoms with Gasteiger partial charge < -0.3 is 21.1 Å². The van der Waals surface area contributed by atoms with E-state index in [1.54, 1.807) is 0 Å². The summed E-state index contributed by atoms with van der Waals surface area (Å²) in [6.07, 6.45) is -8.79. The molecule has 18 heavy (non-hydrogen) atoms. The van der Waals surface area contributed by atoms with Crippen LogP contribution in [0.15, 0.2) is 12.1 Å². The van der Waals surface area contributed by atoms with Crippen molar-refractivity contribution in [1.82, 2.24) is 0 Å². The Morgan fingerprint density at radius 2 is 1.78 bits per heavy atom. The number of halogens is 4. The average molecular weight is 269 g/mol. The summed E-state index contributed by atoms with van der Waals surface area (Å²) in [5.41, 5.74) is 2.06. The first-order chi connectivity index (χ1) is 8.18. The van der Waals surface area contributed by atoms with Crippen LogP contribution in [0.4, 0.5) is 23.2 Å². The van der Waals surface area contributed by atoms with E-state index in [-0.39, 0.29) is 0 Å². The summed E-state index contributed by atoms with van der Waals surface area (Å²) in [5.74, 6) is -1.15. The average Bonchev–Trinajstić information content (AvgIpc) is 2.28. The number of anilines is 1. The van der Waals surface area contributed by atoms with E-state index in [4.69, 9.17) is 15.9 Å². The zero-order chi connectivity index (χ0) is 14.1. The molecule has 0 aliphatic heterocycles. The van der Waals surface area contributed by atoms with Crippen molar-refractivity contribution in [3.05, 3.63) is 29.1 Å². The number of aliphatic hydroxyl groups is 3. The summed E-state index contributed by atoms with van der Waals surface area (Å²) in [7, 11) is 0. The fraction of sp³-hybridized carbons (Fsp3) is 0.400. The van der Waals surface area contributed by atoms with Gasteiger partial charge in [-0.3, -0.25) is 0 Å². The van der Waals surface area contributed by atoms with Gasteiger partial charge in [-0.15, -0.1) is 0 Å². The molecule has 0 aliphatic carbocycles. The highest BCUT2D eigenvalue weighted by Crippen LogP contribution is 2.37. The van der Waals surface area contributed by atoms with E-state index in [2.05, 4.69) is 0 Å². The topological polar surface area (TPSA) is 86.7 Å². The van der Waals surface area contributed by atoms with Crippen LogP contribution in [0.3, 0.4) is 0 Å². The van der Waals surface area contributed by atoms with Crippen LogP contribution in [0, 0.1) is 5.82 Å². The Kier molecular flexibility index (Phi) is 4.15. The van der Waals surface area contributed by atoms with Crippen molar-refractivity contribution in [2.75, 3.05) is 12.3 Å². The predicted molar refractivity (Wildman–Crippen MR) is 53.9 cm³/mol. The normalized spacial score (nSPS) is 15.5. The quantitative estimate of drug-likeness (QED) is 0.483. The monoisotopic (exact) mass is 269 g/mol. The smallest absolute Gasteiger partial charge is 0.396 e. The minimum Gasteiger partial charge on any atom is -0.396 e. The van der Waals surface area contributed by atoms with Gasteiger partial charge in [0.25, 0.3) is 0 Å². The van der Waals surface area contributed by atoms with Crippen molar-refractivity contribution in [3.8, 4) is 0 Å². The maximum absolute atomic E-state index is 13.1. The van der Waals surface area contributed by atoms with E-state index < -0.39 is 47.6 Å². The summed E-state index contributed by atoms with van der Waals surface area (Å²) in [6, 6.07) is 0.722. The van der Waals surface area contributed by atoms with Crippen molar-refractivity contribution in [2.45, 2.75) is 18.4 Å². The zero-order valence-electron chi connectivity index (χ0n) is 8.95. The van der Waals surface area contributed by atoms with Crippen LogP contribution >= 0.6 is 0 Å². The van der Waals surface area contributed by atoms with Gasteiger partial charge in [0, 0.05) is 0 Å². The number of rotatable bonds is 3. The molecule has 2 unspecified atom stereocenters. The Morgan fingerprint density at radius 1 is 1.22 bits per heavy atom. The molecule has 0 radical (unpaired) electrons. The highest BCUT2D eigenvalue weighted by atomic mass is 19.4. The Hall–Kier alpha value is -1.38. The lowest BCUT2D eigenvalue weighted by Crippen LogP contribution is -2.25. The molecule has 0 spiro atoms. The molecule has 0 saturated heterocycles.